The Balaban J connectivity index is 1.49. The molecule has 0 aliphatic carbocycles. The number of methoxy groups -OCH3 is 1. The molecule has 1 fully saturated rings. The molecular weight excluding hydrogens is 322 g/mol. The molecule has 6 heteroatoms. The summed E-state index contributed by atoms with van der Waals surface area (Å²) in [4.78, 5) is 19.7. The summed E-state index contributed by atoms with van der Waals surface area (Å²) in [5.74, 6) is 1.87. The number of rotatable bonds is 6. The second-order valence-electron chi connectivity index (χ2n) is 6.40. The molecule has 1 aliphatic heterocycles. The fraction of sp³-hybridized carbons (Fsp3) is 0.556. The van der Waals surface area contributed by atoms with Gasteiger partial charge in [0.05, 0.1) is 4.88 Å². The molecular formula is C18H25N3O2S. The lowest BCUT2D eigenvalue weighted by Gasteiger charge is -2.32. The van der Waals surface area contributed by atoms with Gasteiger partial charge in [0.15, 0.2) is 0 Å². The Morgan fingerprint density at radius 1 is 1.42 bits per heavy atom. The van der Waals surface area contributed by atoms with Crippen molar-refractivity contribution in [2.75, 3.05) is 20.2 Å². The van der Waals surface area contributed by atoms with E-state index in [9.17, 15) is 4.79 Å². The Hall–Kier alpha value is -1.66. The van der Waals surface area contributed by atoms with Gasteiger partial charge in [-0.3, -0.25) is 4.79 Å². The maximum Gasteiger partial charge on any atom is 0.263 e. The molecule has 1 saturated heterocycles. The molecule has 5 nitrogen and oxygen atoms in total. The van der Waals surface area contributed by atoms with Crippen LogP contribution in [0.1, 0.15) is 40.5 Å². The third kappa shape index (κ3) is 3.87. The summed E-state index contributed by atoms with van der Waals surface area (Å²) in [5.41, 5.74) is 1.19. The van der Waals surface area contributed by atoms with Crippen LogP contribution in [0.4, 0.5) is 0 Å². The van der Waals surface area contributed by atoms with Crippen LogP contribution in [-0.4, -0.2) is 40.6 Å². The number of carbonyl (C=O) groups is 1. The van der Waals surface area contributed by atoms with Crippen LogP contribution in [0.5, 0.6) is 0 Å². The van der Waals surface area contributed by atoms with Gasteiger partial charge in [0.1, 0.15) is 12.4 Å². The molecule has 0 N–H and O–H groups in total. The number of piperidine rings is 1. The fourth-order valence-electron chi connectivity index (χ4n) is 3.35. The molecule has 0 unspecified atom stereocenters. The first kappa shape index (κ1) is 17.2. The fourth-order valence-corrected chi connectivity index (χ4v) is 4.04. The number of imidazole rings is 1. The monoisotopic (exact) mass is 347 g/mol. The maximum absolute atomic E-state index is 12.4. The van der Waals surface area contributed by atoms with Crippen LogP contribution in [0.15, 0.2) is 23.7 Å². The number of ether oxygens (including phenoxy) is 1. The summed E-state index contributed by atoms with van der Waals surface area (Å²) < 4.78 is 7.48. The zero-order chi connectivity index (χ0) is 16.9. The summed E-state index contributed by atoms with van der Waals surface area (Å²) >= 11 is 1.53. The van der Waals surface area contributed by atoms with Crippen molar-refractivity contribution in [1.82, 2.24) is 14.5 Å². The number of carbonyl (C=O) groups excluding carboxylic acids is 1. The van der Waals surface area contributed by atoms with Crippen LogP contribution in [0.2, 0.25) is 0 Å². The number of aromatic nitrogens is 2. The van der Waals surface area contributed by atoms with Crippen LogP contribution in [0, 0.1) is 12.8 Å². The predicted octanol–water partition coefficient (Wildman–Crippen LogP) is 3.34. The van der Waals surface area contributed by atoms with Gasteiger partial charge in [0, 0.05) is 38.6 Å². The number of aryl methyl sites for hydroxylation is 1. The van der Waals surface area contributed by atoms with Gasteiger partial charge in [0.25, 0.3) is 5.91 Å². The topological polar surface area (TPSA) is 47.4 Å². The molecule has 1 amide bonds. The van der Waals surface area contributed by atoms with Gasteiger partial charge < -0.3 is 14.2 Å². The molecule has 2 aromatic heterocycles. The van der Waals surface area contributed by atoms with Crippen molar-refractivity contribution < 1.29 is 9.53 Å². The maximum atomic E-state index is 12.4. The van der Waals surface area contributed by atoms with E-state index >= 15 is 0 Å². The van der Waals surface area contributed by atoms with Crippen molar-refractivity contribution in [2.45, 2.75) is 39.3 Å². The highest BCUT2D eigenvalue weighted by Gasteiger charge is 2.24. The first-order chi connectivity index (χ1) is 11.7. The van der Waals surface area contributed by atoms with Crippen LogP contribution >= 0.6 is 11.3 Å². The molecule has 3 rings (SSSR count). The summed E-state index contributed by atoms with van der Waals surface area (Å²) in [6.07, 6.45) is 5.22. The van der Waals surface area contributed by atoms with Gasteiger partial charge in [-0.15, -0.1) is 11.3 Å². The highest BCUT2D eigenvalue weighted by Crippen LogP contribution is 2.24. The molecule has 0 radical (unpaired) electrons. The number of nitrogens with zero attached hydrogens (tertiary/aromatic N) is 3. The van der Waals surface area contributed by atoms with E-state index in [1.807, 2.05) is 28.6 Å². The minimum atomic E-state index is 0.191. The normalized spacial score (nSPS) is 15.8. The van der Waals surface area contributed by atoms with Crippen LogP contribution in [-0.2, 0) is 17.9 Å². The van der Waals surface area contributed by atoms with Crippen molar-refractivity contribution >= 4 is 17.2 Å². The van der Waals surface area contributed by atoms with E-state index in [1.165, 1.54) is 17.0 Å². The van der Waals surface area contributed by atoms with Gasteiger partial charge in [-0.1, -0.05) is 6.07 Å². The average Bonchev–Trinajstić information content (AvgIpc) is 3.24. The lowest BCUT2D eigenvalue weighted by molar-refractivity contribution is 0.0689. The molecule has 3 heterocycles. The molecule has 0 spiro atoms. The average molecular weight is 347 g/mol. The van der Waals surface area contributed by atoms with Gasteiger partial charge in [-0.25, -0.2) is 4.98 Å². The van der Waals surface area contributed by atoms with Crippen LogP contribution in [0.3, 0.4) is 0 Å². The summed E-state index contributed by atoms with van der Waals surface area (Å²) in [6.45, 7) is 5.37. The smallest absolute Gasteiger partial charge is 0.263 e. The van der Waals surface area contributed by atoms with Crippen LogP contribution in [0.25, 0.3) is 0 Å². The largest absolute Gasteiger partial charge is 0.377 e. The van der Waals surface area contributed by atoms with Gasteiger partial charge in [0.2, 0.25) is 0 Å². The highest BCUT2D eigenvalue weighted by atomic mass is 32.1. The second kappa shape index (κ2) is 7.94. The first-order valence-corrected chi connectivity index (χ1v) is 9.39. The molecule has 130 valence electrons. The van der Waals surface area contributed by atoms with E-state index in [1.54, 1.807) is 7.11 Å². The van der Waals surface area contributed by atoms with Crippen molar-refractivity contribution in [3.8, 4) is 0 Å². The molecule has 0 saturated carbocycles. The molecule has 2 aromatic rings. The summed E-state index contributed by atoms with van der Waals surface area (Å²) in [6, 6.07) is 3.86. The van der Waals surface area contributed by atoms with E-state index in [0.29, 0.717) is 12.5 Å². The van der Waals surface area contributed by atoms with Gasteiger partial charge >= 0.3 is 0 Å². The third-order valence-corrected chi connectivity index (χ3v) is 5.66. The Kier molecular flexibility index (Phi) is 5.68. The molecule has 0 aromatic carbocycles. The number of hydrogen-bond donors (Lipinski definition) is 0. The Bertz CT molecular complexity index is 658. The van der Waals surface area contributed by atoms with Gasteiger partial charge in [-0.2, -0.15) is 0 Å². The molecule has 0 bridgehead atoms. The summed E-state index contributed by atoms with van der Waals surface area (Å²) in [7, 11) is 1.70. The van der Waals surface area contributed by atoms with Crippen molar-refractivity contribution in [1.29, 1.82) is 0 Å². The predicted molar refractivity (Wildman–Crippen MR) is 95.2 cm³/mol. The lowest BCUT2D eigenvalue weighted by atomic mass is 9.93. The SMILES string of the molecule is COCc1ncc(C)n1CCC1CCN(C(=O)c2cccs2)CC1. The third-order valence-electron chi connectivity index (χ3n) is 4.81. The molecule has 0 atom stereocenters. The minimum Gasteiger partial charge on any atom is -0.377 e. The van der Waals surface area contributed by atoms with E-state index in [-0.39, 0.29) is 5.91 Å². The zero-order valence-electron chi connectivity index (χ0n) is 14.4. The Morgan fingerprint density at radius 2 is 2.21 bits per heavy atom. The number of hydrogen-bond acceptors (Lipinski definition) is 4. The Labute approximate surface area is 147 Å². The molecule has 1 aliphatic rings. The van der Waals surface area contributed by atoms with E-state index < -0.39 is 0 Å². The second-order valence-corrected chi connectivity index (χ2v) is 7.35. The minimum absolute atomic E-state index is 0.191. The van der Waals surface area contributed by atoms with Gasteiger partial charge in [-0.05, 0) is 43.6 Å². The number of likely N-dealkylation sites (tertiary alicyclic amines) is 1. The molecule has 24 heavy (non-hydrogen) atoms. The van der Waals surface area contributed by atoms with Crippen molar-refractivity contribution in [3.05, 3.63) is 40.1 Å². The summed E-state index contributed by atoms with van der Waals surface area (Å²) in [5, 5.41) is 1.96. The number of thiophene rings is 1. The first-order valence-electron chi connectivity index (χ1n) is 8.51. The quantitative estimate of drug-likeness (QED) is 0.805. The Morgan fingerprint density at radius 3 is 2.88 bits per heavy atom. The van der Waals surface area contributed by atoms with E-state index in [4.69, 9.17) is 4.74 Å². The standard InChI is InChI=1S/C18H25N3O2S/c1-14-12-19-17(13-23-2)21(14)10-7-15-5-8-20(9-6-15)18(22)16-4-3-11-24-16/h3-4,11-12,15H,5-10,13H2,1-2H3. The van der Waals surface area contributed by atoms with E-state index in [0.717, 1.165) is 49.6 Å². The van der Waals surface area contributed by atoms with Crippen LogP contribution < -0.4 is 0 Å². The zero-order valence-corrected chi connectivity index (χ0v) is 15.2. The lowest BCUT2D eigenvalue weighted by Crippen LogP contribution is -2.38. The van der Waals surface area contributed by atoms with E-state index in [2.05, 4.69) is 16.5 Å². The van der Waals surface area contributed by atoms with Crippen molar-refractivity contribution in [2.24, 2.45) is 5.92 Å². The highest BCUT2D eigenvalue weighted by molar-refractivity contribution is 7.12. The number of amides is 1. The van der Waals surface area contributed by atoms with Crippen molar-refractivity contribution in [3.63, 3.8) is 0 Å².